The molecule has 5 heteroatoms. The molecule has 0 unspecified atom stereocenters. The summed E-state index contributed by atoms with van der Waals surface area (Å²) in [5.41, 5.74) is 0.0262. The predicted octanol–water partition coefficient (Wildman–Crippen LogP) is 1.99. The number of carbonyl (C=O) groups excluding carboxylic acids is 2. The molecule has 5 nitrogen and oxygen atoms in total. The van der Waals surface area contributed by atoms with E-state index in [0.29, 0.717) is 5.57 Å². The molecule has 104 valence electrons. The highest BCUT2D eigenvalue weighted by Crippen LogP contribution is 2.22. The van der Waals surface area contributed by atoms with E-state index in [1.54, 1.807) is 20.8 Å². The van der Waals surface area contributed by atoms with Gasteiger partial charge in [0.1, 0.15) is 0 Å². The van der Waals surface area contributed by atoms with E-state index < -0.39 is 5.54 Å². The van der Waals surface area contributed by atoms with Crippen molar-refractivity contribution in [2.45, 2.75) is 33.2 Å². The van der Waals surface area contributed by atoms with Gasteiger partial charge in [-0.1, -0.05) is 0 Å². The molecule has 0 amide bonds. The van der Waals surface area contributed by atoms with Gasteiger partial charge < -0.3 is 4.74 Å². The minimum atomic E-state index is -0.550. The van der Waals surface area contributed by atoms with Crippen molar-refractivity contribution >= 4 is 11.6 Å². The lowest BCUT2D eigenvalue weighted by Gasteiger charge is -2.29. The van der Waals surface area contributed by atoms with Gasteiger partial charge in [0.2, 0.25) is 5.78 Å². The van der Waals surface area contributed by atoms with Gasteiger partial charge in [0, 0.05) is 17.3 Å². The molecule has 0 fully saturated rings. The maximum Gasteiger partial charge on any atom is 0.229 e. The molecule has 19 heavy (non-hydrogen) atoms. The molecular weight excluding hydrogens is 246 g/mol. The zero-order chi connectivity index (χ0) is 14.8. The molecule has 0 bridgehead atoms. The number of hydrogen-bond acceptors (Lipinski definition) is 5. The average Bonchev–Trinajstić information content (AvgIpc) is 2.30. The maximum atomic E-state index is 12.0. The van der Waals surface area contributed by atoms with Gasteiger partial charge in [0.15, 0.2) is 11.5 Å². The maximum absolute atomic E-state index is 12.0. The summed E-state index contributed by atoms with van der Waals surface area (Å²) in [6, 6.07) is 0. The second kappa shape index (κ2) is 5.40. The summed E-state index contributed by atoms with van der Waals surface area (Å²) in [5.74, 6) is -0.453. The van der Waals surface area contributed by atoms with Crippen LogP contribution in [0.3, 0.4) is 0 Å². The zero-order valence-corrected chi connectivity index (χ0v) is 11.9. The van der Waals surface area contributed by atoms with Crippen LogP contribution < -0.4 is 0 Å². The SMILES string of the molecule is COC1=CC(C(C)=O)=CC(=CN(O)C(C)(C)C)C1=O. The Hall–Kier alpha value is -1.88. The van der Waals surface area contributed by atoms with Crippen LogP contribution in [0.25, 0.3) is 0 Å². The summed E-state index contributed by atoms with van der Waals surface area (Å²) in [6.45, 7) is 6.78. The molecule has 1 N–H and O–H groups in total. The van der Waals surface area contributed by atoms with Gasteiger partial charge in [-0.25, -0.2) is 0 Å². The van der Waals surface area contributed by atoms with Crippen molar-refractivity contribution in [1.29, 1.82) is 0 Å². The van der Waals surface area contributed by atoms with Crippen LogP contribution in [0.4, 0.5) is 0 Å². The molecule has 0 aliphatic heterocycles. The molecule has 0 aromatic carbocycles. The summed E-state index contributed by atoms with van der Waals surface area (Å²) in [6.07, 6.45) is 4.15. The fraction of sp³-hybridized carbons (Fsp3) is 0.429. The Labute approximate surface area is 112 Å². The fourth-order valence-electron chi connectivity index (χ4n) is 1.40. The lowest BCUT2D eigenvalue weighted by molar-refractivity contribution is -0.118. The second-order valence-corrected chi connectivity index (χ2v) is 5.30. The number of carbonyl (C=O) groups is 2. The molecule has 1 aliphatic carbocycles. The monoisotopic (exact) mass is 265 g/mol. The normalized spacial score (nSPS) is 18.0. The van der Waals surface area contributed by atoms with Gasteiger partial charge >= 0.3 is 0 Å². The van der Waals surface area contributed by atoms with Crippen LogP contribution >= 0.6 is 0 Å². The Morgan fingerprint density at radius 1 is 1.37 bits per heavy atom. The standard InChI is InChI=1S/C14H19NO4/c1-9(16)10-6-11(8-15(18)14(2,3)4)13(17)12(7-10)19-5/h6-8,18H,1-5H3. The lowest BCUT2D eigenvalue weighted by Crippen LogP contribution is -2.35. The number of hydroxylamine groups is 2. The number of nitrogens with zero attached hydrogens (tertiary/aromatic N) is 1. The van der Waals surface area contributed by atoms with E-state index in [1.807, 2.05) is 0 Å². The third-order valence-corrected chi connectivity index (χ3v) is 2.66. The van der Waals surface area contributed by atoms with Gasteiger partial charge in [0.25, 0.3) is 0 Å². The third kappa shape index (κ3) is 3.54. The minimum absolute atomic E-state index is 0.0845. The molecule has 0 radical (unpaired) electrons. The topological polar surface area (TPSA) is 66.8 Å². The molecule has 0 saturated carbocycles. The van der Waals surface area contributed by atoms with Crippen LogP contribution in [-0.4, -0.2) is 34.5 Å². The van der Waals surface area contributed by atoms with Crippen molar-refractivity contribution in [2.24, 2.45) is 0 Å². The van der Waals surface area contributed by atoms with Crippen LogP contribution in [0, 0.1) is 0 Å². The van der Waals surface area contributed by atoms with E-state index in [2.05, 4.69) is 0 Å². The highest BCUT2D eigenvalue weighted by Gasteiger charge is 2.24. The smallest absolute Gasteiger partial charge is 0.229 e. The van der Waals surface area contributed by atoms with E-state index in [9.17, 15) is 14.8 Å². The first kappa shape index (κ1) is 15.2. The first-order chi connectivity index (χ1) is 8.66. The van der Waals surface area contributed by atoms with Crippen LogP contribution in [-0.2, 0) is 14.3 Å². The molecular formula is C14H19NO4. The van der Waals surface area contributed by atoms with Crippen LogP contribution in [0.5, 0.6) is 0 Å². The van der Waals surface area contributed by atoms with E-state index in [4.69, 9.17) is 4.74 Å². The molecule has 0 spiro atoms. The van der Waals surface area contributed by atoms with E-state index in [0.717, 1.165) is 5.06 Å². The molecule has 0 aromatic rings. The van der Waals surface area contributed by atoms with E-state index >= 15 is 0 Å². The summed E-state index contributed by atoms with van der Waals surface area (Å²) in [4.78, 5) is 23.4. The number of rotatable bonds is 3. The Balaban J connectivity index is 3.21. The first-order valence-corrected chi connectivity index (χ1v) is 5.90. The highest BCUT2D eigenvalue weighted by atomic mass is 16.5. The molecule has 1 aliphatic rings. The van der Waals surface area contributed by atoms with Crippen LogP contribution in [0.1, 0.15) is 27.7 Å². The Bertz CT molecular complexity index is 492. The first-order valence-electron chi connectivity index (χ1n) is 5.90. The van der Waals surface area contributed by atoms with Crippen molar-refractivity contribution in [3.63, 3.8) is 0 Å². The van der Waals surface area contributed by atoms with Crippen molar-refractivity contribution in [2.75, 3.05) is 7.11 Å². The van der Waals surface area contributed by atoms with Gasteiger partial charge in [-0.05, 0) is 39.8 Å². The van der Waals surface area contributed by atoms with E-state index in [1.165, 1.54) is 32.4 Å². The van der Waals surface area contributed by atoms with Gasteiger partial charge in [-0.3, -0.25) is 19.9 Å². The van der Waals surface area contributed by atoms with Gasteiger partial charge in [-0.2, -0.15) is 0 Å². The number of allylic oxidation sites excluding steroid dienone is 4. The Morgan fingerprint density at radius 2 is 1.95 bits per heavy atom. The summed E-state index contributed by atoms with van der Waals surface area (Å²) < 4.78 is 4.96. The van der Waals surface area contributed by atoms with Gasteiger partial charge in [0.05, 0.1) is 12.6 Å². The summed E-state index contributed by atoms with van der Waals surface area (Å²) >= 11 is 0. The quantitative estimate of drug-likeness (QED) is 0.624. The fourth-order valence-corrected chi connectivity index (χ4v) is 1.40. The number of ketones is 2. The molecule has 0 aromatic heterocycles. The third-order valence-electron chi connectivity index (χ3n) is 2.66. The summed E-state index contributed by atoms with van der Waals surface area (Å²) in [5, 5.41) is 10.8. The lowest BCUT2D eigenvalue weighted by atomic mass is 9.97. The van der Waals surface area contributed by atoms with E-state index in [-0.39, 0.29) is 22.9 Å². The number of ether oxygens (including phenoxy) is 1. The van der Waals surface area contributed by atoms with Crippen molar-refractivity contribution < 1.29 is 19.5 Å². The number of hydrogen-bond donors (Lipinski definition) is 1. The van der Waals surface area contributed by atoms with Crippen LogP contribution in [0.15, 0.2) is 35.3 Å². The molecule has 0 atom stereocenters. The number of methoxy groups -OCH3 is 1. The van der Waals surface area contributed by atoms with Crippen molar-refractivity contribution in [1.82, 2.24) is 5.06 Å². The minimum Gasteiger partial charge on any atom is -0.493 e. The zero-order valence-electron chi connectivity index (χ0n) is 11.9. The molecule has 0 heterocycles. The van der Waals surface area contributed by atoms with Crippen molar-refractivity contribution in [3.8, 4) is 0 Å². The molecule has 0 saturated heterocycles. The van der Waals surface area contributed by atoms with Crippen LogP contribution in [0.2, 0.25) is 0 Å². The average molecular weight is 265 g/mol. The Kier molecular flexibility index (Phi) is 4.32. The summed E-state index contributed by atoms with van der Waals surface area (Å²) in [7, 11) is 1.37. The Morgan fingerprint density at radius 3 is 2.37 bits per heavy atom. The van der Waals surface area contributed by atoms with Crippen molar-refractivity contribution in [3.05, 3.63) is 35.3 Å². The molecule has 1 rings (SSSR count). The predicted molar refractivity (Wildman–Crippen MR) is 70.3 cm³/mol. The highest BCUT2D eigenvalue weighted by molar-refractivity contribution is 6.14. The van der Waals surface area contributed by atoms with Gasteiger partial charge in [-0.15, -0.1) is 0 Å². The second-order valence-electron chi connectivity index (χ2n) is 5.30. The largest absolute Gasteiger partial charge is 0.493 e. The number of Topliss-reactive ketones (excluding diaryl/α,β-unsaturated/α-hetero) is 2.